The molecule has 2 fully saturated rings. The summed E-state index contributed by atoms with van der Waals surface area (Å²) in [6, 6.07) is 0. The van der Waals surface area contributed by atoms with Crippen LogP contribution in [0.15, 0.2) is 0 Å². The molecule has 2 aliphatic rings. The third kappa shape index (κ3) is 2.09. The highest BCUT2D eigenvalue weighted by Crippen LogP contribution is 2.32. The van der Waals surface area contributed by atoms with Gasteiger partial charge in [0.2, 0.25) is 0 Å². The fourth-order valence-corrected chi connectivity index (χ4v) is 2.02. The lowest BCUT2D eigenvalue weighted by atomic mass is 9.97. The van der Waals surface area contributed by atoms with Crippen LogP contribution in [0, 0.1) is 0 Å². The normalized spacial score (nSPS) is 47.4. The molecule has 16 heavy (non-hydrogen) atoms. The number of aliphatic hydroxyl groups excluding tert-OH is 2. The zero-order valence-electron chi connectivity index (χ0n) is 9.62. The molecule has 5 atom stereocenters. The standard InChI is InChI=1S/C10H18O6/c1-10(2)14-4-5-8(16-10)6(11)7(12)9(13-3)15-5/h5-9,11-12H,4H2,1-3H3/t5-,6-,7-,8-,9?/m1/s1. The third-order valence-electron chi connectivity index (χ3n) is 2.89. The zero-order valence-corrected chi connectivity index (χ0v) is 9.62. The van der Waals surface area contributed by atoms with Crippen LogP contribution in [0.5, 0.6) is 0 Å². The van der Waals surface area contributed by atoms with E-state index in [0.717, 1.165) is 0 Å². The first-order chi connectivity index (χ1) is 7.44. The number of hydrogen-bond donors (Lipinski definition) is 2. The first-order valence-corrected chi connectivity index (χ1v) is 5.31. The largest absolute Gasteiger partial charge is 0.387 e. The van der Waals surface area contributed by atoms with Crippen LogP contribution in [0.3, 0.4) is 0 Å². The molecule has 0 bridgehead atoms. The van der Waals surface area contributed by atoms with Gasteiger partial charge in [-0.15, -0.1) is 0 Å². The molecule has 2 heterocycles. The van der Waals surface area contributed by atoms with E-state index in [2.05, 4.69) is 0 Å². The second-order valence-electron chi connectivity index (χ2n) is 4.55. The molecule has 0 amide bonds. The lowest BCUT2D eigenvalue weighted by Crippen LogP contribution is -2.64. The number of ether oxygens (including phenoxy) is 4. The molecule has 0 aromatic carbocycles. The van der Waals surface area contributed by atoms with Crippen molar-refractivity contribution in [3.63, 3.8) is 0 Å². The van der Waals surface area contributed by atoms with Gasteiger partial charge >= 0.3 is 0 Å². The molecule has 0 aromatic heterocycles. The summed E-state index contributed by atoms with van der Waals surface area (Å²) in [5.41, 5.74) is 0. The van der Waals surface area contributed by atoms with Crippen molar-refractivity contribution in [3.8, 4) is 0 Å². The van der Waals surface area contributed by atoms with Crippen LogP contribution in [-0.4, -0.2) is 60.4 Å². The highest BCUT2D eigenvalue weighted by molar-refractivity contribution is 4.93. The zero-order chi connectivity index (χ0) is 11.9. The second-order valence-corrected chi connectivity index (χ2v) is 4.55. The molecule has 2 rings (SSSR count). The van der Waals surface area contributed by atoms with Gasteiger partial charge in [0.15, 0.2) is 12.1 Å². The Morgan fingerprint density at radius 1 is 1.25 bits per heavy atom. The van der Waals surface area contributed by atoms with Crippen LogP contribution in [0.2, 0.25) is 0 Å². The number of fused-ring (bicyclic) bond motifs is 1. The van der Waals surface area contributed by atoms with Crippen LogP contribution in [0.25, 0.3) is 0 Å². The molecule has 94 valence electrons. The minimum atomic E-state index is -1.11. The lowest BCUT2D eigenvalue weighted by molar-refractivity contribution is -0.379. The van der Waals surface area contributed by atoms with Crippen molar-refractivity contribution in [1.29, 1.82) is 0 Å². The van der Waals surface area contributed by atoms with Crippen molar-refractivity contribution < 1.29 is 29.2 Å². The van der Waals surface area contributed by atoms with E-state index in [1.165, 1.54) is 7.11 Å². The first kappa shape index (κ1) is 12.2. The monoisotopic (exact) mass is 234 g/mol. The molecular weight excluding hydrogens is 216 g/mol. The van der Waals surface area contributed by atoms with Gasteiger partial charge in [-0.3, -0.25) is 0 Å². The maximum absolute atomic E-state index is 9.92. The second kappa shape index (κ2) is 4.21. The predicted octanol–water partition coefficient (Wildman–Crippen LogP) is -0.769. The average molecular weight is 234 g/mol. The van der Waals surface area contributed by atoms with Crippen molar-refractivity contribution in [1.82, 2.24) is 0 Å². The van der Waals surface area contributed by atoms with Crippen molar-refractivity contribution in [2.24, 2.45) is 0 Å². The summed E-state index contributed by atoms with van der Waals surface area (Å²) in [7, 11) is 1.41. The number of methoxy groups -OCH3 is 1. The van der Waals surface area contributed by atoms with Crippen molar-refractivity contribution in [3.05, 3.63) is 0 Å². The highest BCUT2D eigenvalue weighted by atomic mass is 16.8. The Bertz CT molecular complexity index is 254. The fraction of sp³-hybridized carbons (Fsp3) is 1.00. The van der Waals surface area contributed by atoms with E-state index in [0.29, 0.717) is 6.61 Å². The van der Waals surface area contributed by atoms with Gasteiger partial charge in [-0.25, -0.2) is 0 Å². The Morgan fingerprint density at radius 3 is 2.56 bits per heavy atom. The number of aliphatic hydroxyl groups is 2. The molecule has 2 N–H and O–H groups in total. The first-order valence-electron chi connectivity index (χ1n) is 5.31. The Kier molecular flexibility index (Phi) is 3.22. The van der Waals surface area contributed by atoms with Crippen LogP contribution < -0.4 is 0 Å². The van der Waals surface area contributed by atoms with Crippen LogP contribution in [0.4, 0.5) is 0 Å². The molecule has 1 unspecified atom stereocenters. The van der Waals surface area contributed by atoms with Gasteiger partial charge in [0.05, 0.1) is 6.61 Å². The Hall–Kier alpha value is -0.240. The van der Waals surface area contributed by atoms with Crippen molar-refractivity contribution in [2.45, 2.75) is 50.3 Å². The number of hydrogen-bond acceptors (Lipinski definition) is 6. The molecule has 6 nitrogen and oxygen atoms in total. The van der Waals surface area contributed by atoms with E-state index >= 15 is 0 Å². The van der Waals surface area contributed by atoms with Gasteiger partial charge in [0.25, 0.3) is 0 Å². The summed E-state index contributed by atoms with van der Waals surface area (Å²) in [5, 5.41) is 19.6. The summed E-state index contributed by atoms with van der Waals surface area (Å²) in [5.74, 6) is -0.773. The molecule has 2 aliphatic heterocycles. The molecule has 6 heteroatoms. The summed E-state index contributed by atoms with van der Waals surface area (Å²) >= 11 is 0. The summed E-state index contributed by atoms with van der Waals surface area (Å²) in [6.45, 7) is 3.82. The minimum absolute atomic E-state index is 0.307. The highest BCUT2D eigenvalue weighted by Gasteiger charge is 2.50. The van der Waals surface area contributed by atoms with E-state index in [4.69, 9.17) is 18.9 Å². The van der Waals surface area contributed by atoms with Gasteiger partial charge in [0, 0.05) is 7.11 Å². The summed E-state index contributed by atoms with van der Waals surface area (Å²) < 4.78 is 21.3. The predicted molar refractivity (Wildman–Crippen MR) is 52.6 cm³/mol. The lowest BCUT2D eigenvalue weighted by Gasteiger charge is -2.48. The van der Waals surface area contributed by atoms with E-state index in [9.17, 15) is 10.2 Å². The maximum Gasteiger partial charge on any atom is 0.186 e. The van der Waals surface area contributed by atoms with E-state index in [-0.39, 0.29) is 0 Å². The molecule has 0 aromatic rings. The van der Waals surface area contributed by atoms with Gasteiger partial charge in [-0.2, -0.15) is 0 Å². The molecule has 0 radical (unpaired) electrons. The van der Waals surface area contributed by atoms with Crippen LogP contribution in [0.1, 0.15) is 13.8 Å². The summed E-state index contributed by atoms with van der Waals surface area (Å²) in [6.07, 6.45) is -4.00. The smallest absolute Gasteiger partial charge is 0.186 e. The van der Waals surface area contributed by atoms with Gasteiger partial charge in [0.1, 0.15) is 24.4 Å². The molecular formula is C10H18O6. The Morgan fingerprint density at radius 2 is 1.94 bits per heavy atom. The van der Waals surface area contributed by atoms with E-state index < -0.39 is 36.5 Å². The molecule has 0 aliphatic carbocycles. The van der Waals surface area contributed by atoms with Gasteiger partial charge < -0.3 is 29.2 Å². The van der Waals surface area contributed by atoms with Gasteiger partial charge in [-0.05, 0) is 13.8 Å². The molecule has 2 saturated heterocycles. The van der Waals surface area contributed by atoms with Crippen LogP contribution in [-0.2, 0) is 18.9 Å². The molecule has 0 saturated carbocycles. The fourth-order valence-electron chi connectivity index (χ4n) is 2.02. The van der Waals surface area contributed by atoms with E-state index in [1.807, 2.05) is 0 Å². The maximum atomic E-state index is 9.92. The average Bonchev–Trinajstić information content (AvgIpc) is 2.23. The quantitative estimate of drug-likeness (QED) is 0.620. The molecule has 0 spiro atoms. The van der Waals surface area contributed by atoms with Crippen molar-refractivity contribution >= 4 is 0 Å². The Labute approximate surface area is 94.1 Å². The van der Waals surface area contributed by atoms with Crippen LogP contribution >= 0.6 is 0 Å². The topological polar surface area (TPSA) is 77.4 Å². The summed E-state index contributed by atoms with van der Waals surface area (Å²) in [4.78, 5) is 0. The van der Waals surface area contributed by atoms with Crippen molar-refractivity contribution in [2.75, 3.05) is 13.7 Å². The SMILES string of the molecule is COC1O[C@@H]2COC(C)(C)O[C@H]2[C@H](O)[C@H]1O. The van der Waals surface area contributed by atoms with E-state index in [1.54, 1.807) is 13.8 Å². The third-order valence-corrected chi connectivity index (χ3v) is 2.89. The number of rotatable bonds is 1. The van der Waals surface area contributed by atoms with Gasteiger partial charge in [-0.1, -0.05) is 0 Å². The Balaban J connectivity index is 2.11. The minimum Gasteiger partial charge on any atom is -0.387 e.